The van der Waals surface area contributed by atoms with E-state index in [0.29, 0.717) is 13.1 Å². The van der Waals surface area contributed by atoms with E-state index in [4.69, 9.17) is 14.5 Å². The molecule has 4 aliphatic rings. The summed E-state index contributed by atoms with van der Waals surface area (Å²) in [6.45, 7) is 10.9. The summed E-state index contributed by atoms with van der Waals surface area (Å²) in [5, 5.41) is 12.2. The summed E-state index contributed by atoms with van der Waals surface area (Å²) >= 11 is 0. The highest BCUT2D eigenvalue weighted by atomic mass is 16.5. The molecular formula is C57H58N8O4. The lowest BCUT2D eigenvalue weighted by Crippen LogP contribution is -2.37. The van der Waals surface area contributed by atoms with Crippen LogP contribution in [0.25, 0.3) is 67.7 Å². The zero-order valence-corrected chi connectivity index (χ0v) is 39.2. The van der Waals surface area contributed by atoms with Gasteiger partial charge >= 0.3 is 0 Å². The Hall–Kier alpha value is -6.96. The molecule has 3 N–H and O–H groups in total. The van der Waals surface area contributed by atoms with Gasteiger partial charge in [-0.1, -0.05) is 84.9 Å². The van der Waals surface area contributed by atoms with Crippen LogP contribution in [0.3, 0.4) is 0 Å². The van der Waals surface area contributed by atoms with Gasteiger partial charge in [0.2, 0.25) is 0 Å². The number of fused-ring (bicyclic) bond motifs is 10. The van der Waals surface area contributed by atoms with Crippen LogP contribution in [0.4, 0.5) is 0 Å². The SMILES string of the molecule is Cn1c2c(c3ccc4cnc(/C=C/c5cccc(CCN6CCOCC6)c5)cc4c31)C(=O)NCC2.O=C1NCCc2nc3c(ccc4c[nH]c(/C=C/c5cccc(CCN6CCOCC6)c5)cc43)c21. The highest BCUT2D eigenvalue weighted by Gasteiger charge is 2.26. The molecule has 12 rings (SSSR count). The van der Waals surface area contributed by atoms with Gasteiger partial charge in [-0.15, -0.1) is 0 Å². The molecule has 0 atom stereocenters. The average Bonchev–Trinajstić information content (AvgIpc) is 3.94. The molecule has 12 heteroatoms. The van der Waals surface area contributed by atoms with Crippen molar-refractivity contribution in [3.05, 3.63) is 153 Å². The highest BCUT2D eigenvalue weighted by molar-refractivity contribution is 6.17. The number of amides is 2. The molecule has 8 heterocycles. The maximum absolute atomic E-state index is 12.6. The molecule has 0 unspecified atom stereocenters. The Morgan fingerprint density at radius 2 is 1.28 bits per heavy atom. The number of benzene rings is 4. The van der Waals surface area contributed by atoms with Gasteiger partial charge in [-0.3, -0.25) is 29.4 Å². The Morgan fingerprint density at radius 1 is 0.638 bits per heavy atom. The van der Waals surface area contributed by atoms with Crippen molar-refractivity contribution >= 4 is 79.5 Å². The first-order valence-electron chi connectivity index (χ1n) is 24.5. The number of nitrogens with zero attached hydrogens (tertiary/aromatic N) is 5. The summed E-state index contributed by atoms with van der Waals surface area (Å²) in [6, 6.07) is 29.9. The van der Waals surface area contributed by atoms with Crippen molar-refractivity contribution in [2.75, 3.05) is 78.8 Å². The molecule has 69 heavy (non-hydrogen) atoms. The maximum Gasteiger partial charge on any atom is 0.253 e. The van der Waals surface area contributed by atoms with E-state index in [-0.39, 0.29) is 11.8 Å². The third kappa shape index (κ3) is 9.58. The van der Waals surface area contributed by atoms with Gasteiger partial charge in [0.05, 0.1) is 60.0 Å². The lowest BCUT2D eigenvalue weighted by molar-refractivity contribution is 0.0384. The molecule has 0 bridgehead atoms. The lowest BCUT2D eigenvalue weighted by atomic mass is 10.0. The molecule has 0 aliphatic carbocycles. The number of carbonyl (C=O) groups excluding carboxylic acids is 2. The van der Waals surface area contributed by atoms with Gasteiger partial charge in [0.25, 0.3) is 11.8 Å². The normalized spacial score (nSPS) is 16.8. The molecule has 0 spiro atoms. The summed E-state index contributed by atoms with van der Waals surface area (Å²) in [6.07, 6.45) is 16.1. The molecule has 8 aromatic rings. The van der Waals surface area contributed by atoms with Crippen LogP contribution < -0.4 is 10.6 Å². The quantitative estimate of drug-likeness (QED) is 0.126. The second kappa shape index (κ2) is 19.9. The van der Waals surface area contributed by atoms with Crippen molar-refractivity contribution in [1.82, 2.24) is 40.0 Å². The summed E-state index contributed by atoms with van der Waals surface area (Å²) < 4.78 is 13.1. The minimum Gasteiger partial charge on any atom is -0.379 e. The molecule has 2 saturated heterocycles. The number of aromatic nitrogens is 4. The second-order valence-corrected chi connectivity index (χ2v) is 18.5. The van der Waals surface area contributed by atoms with Gasteiger partial charge in [0.1, 0.15) is 0 Å². The second-order valence-electron chi connectivity index (χ2n) is 18.5. The molecule has 4 aliphatic heterocycles. The number of pyridine rings is 2. The van der Waals surface area contributed by atoms with Crippen molar-refractivity contribution in [1.29, 1.82) is 0 Å². The number of morpholine rings is 2. The van der Waals surface area contributed by atoms with Gasteiger partial charge in [0.15, 0.2) is 0 Å². The first-order valence-corrected chi connectivity index (χ1v) is 24.5. The minimum absolute atomic E-state index is 0.0146. The number of aromatic amines is 1. The fourth-order valence-electron chi connectivity index (χ4n) is 10.4. The minimum atomic E-state index is -0.0146. The van der Waals surface area contributed by atoms with Crippen LogP contribution in [0.1, 0.15) is 65.7 Å². The van der Waals surface area contributed by atoms with Crippen molar-refractivity contribution in [2.24, 2.45) is 7.05 Å². The van der Waals surface area contributed by atoms with E-state index in [2.05, 4.69) is 145 Å². The number of hydrogen-bond acceptors (Lipinski definition) is 8. The largest absolute Gasteiger partial charge is 0.379 e. The molecule has 4 aromatic heterocycles. The number of ether oxygens (including phenoxy) is 2. The summed E-state index contributed by atoms with van der Waals surface area (Å²) in [5.41, 5.74) is 12.6. The molecule has 4 aromatic carbocycles. The Bertz CT molecular complexity index is 3280. The number of rotatable bonds is 10. The first kappa shape index (κ1) is 44.5. The average molecular weight is 919 g/mol. The molecule has 12 nitrogen and oxygen atoms in total. The third-order valence-corrected chi connectivity index (χ3v) is 14.1. The maximum atomic E-state index is 12.6. The molecule has 2 amide bonds. The molecule has 0 saturated carbocycles. The van der Waals surface area contributed by atoms with E-state index in [1.165, 1.54) is 22.3 Å². The van der Waals surface area contributed by atoms with E-state index in [9.17, 15) is 9.59 Å². The number of carbonyl (C=O) groups is 2. The van der Waals surface area contributed by atoms with Gasteiger partial charge in [0, 0.05) is 123 Å². The van der Waals surface area contributed by atoms with Gasteiger partial charge in [-0.25, -0.2) is 0 Å². The Labute approximate surface area is 402 Å². The lowest BCUT2D eigenvalue weighted by Gasteiger charge is -2.26. The van der Waals surface area contributed by atoms with E-state index >= 15 is 0 Å². The summed E-state index contributed by atoms with van der Waals surface area (Å²) in [5.74, 6) is 0.0121. The van der Waals surface area contributed by atoms with Crippen LogP contribution in [0.5, 0.6) is 0 Å². The van der Waals surface area contributed by atoms with Crippen LogP contribution in [0, 0.1) is 0 Å². The molecule has 0 radical (unpaired) electrons. The number of nitrogens with one attached hydrogen (secondary N) is 3. The van der Waals surface area contributed by atoms with Crippen LogP contribution in [0.15, 0.2) is 97.3 Å². The van der Waals surface area contributed by atoms with Crippen LogP contribution in [-0.2, 0) is 42.2 Å². The van der Waals surface area contributed by atoms with Gasteiger partial charge in [-0.05, 0) is 64.8 Å². The standard InChI is InChI=1S/C29H30N4O2.C28H28N4O2/c1-32-26-9-11-30-29(34)27(26)24-8-6-22-19-31-23(18-25(22)28(24)32)7-5-20-3-2-4-21(17-20)10-12-33-13-15-35-16-14-33;33-28-26-23-7-5-21-18-30-22(17-24(21)27(23)31-25(26)8-10-29-28)6-4-19-2-1-3-20(16-19)9-11-32-12-14-34-15-13-32/h2-8,17-19H,9-16H2,1H3,(H,30,34);1-7,16-18,30H,8-15H2,(H,29,33)/b7-5+;6-4+. The number of aryl methyl sites for hydroxylation is 1. The molecule has 350 valence electrons. The number of hydrogen-bond donors (Lipinski definition) is 3. The van der Waals surface area contributed by atoms with E-state index in [1.807, 2.05) is 18.5 Å². The zero-order chi connectivity index (χ0) is 46.7. The molecular weight excluding hydrogens is 861 g/mol. The predicted molar refractivity (Wildman–Crippen MR) is 277 cm³/mol. The fourth-order valence-corrected chi connectivity index (χ4v) is 10.4. The predicted octanol–water partition coefficient (Wildman–Crippen LogP) is 8.10. The van der Waals surface area contributed by atoms with Crippen molar-refractivity contribution in [2.45, 2.75) is 25.7 Å². The number of H-pyrrole nitrogens is 1. The van der Waals surface area contributed by atoms with Crippen molar-refractivity contribution < 1.29 is 19.1 Å². The van der Waals surface area contributed by atoms with E-state index in [1.54, 1.807) is 0 Å². The van der Waals surface area contributed by atoms with E-state index < -0.39 is 0 Å². The topological polar surface area (TPSA) is 130 Å². The fraction of sp³-hybridized carbons (Fsp3) is 0.298. The Kier molecular flexibility index (Phi) is 12.9. The Morgan fingerprint density at radius 3 is 1.99 bits per heavy atom. The zero-order valence-electron chi connectivity index (χ0n) is 39.2. The van der Waals surface area contributed by atoms with Crippen LogP contribution >= 0.6 is 0 Å². The highest BCUT2D eigenvalue weighted by Crippen LogP contribution is 2.34. The van der Waals surface area contributed by atoms with Crippen LogP contribution in [-0.4, -0.2) is 120 Å². The van der Waals surface area contributed by atoms with Crippen molar-refractivity contribution in [3.63, 3.8) is 0 Å². The smallest absolute Gasteiger partial charge is 0.253 e. The first-order chi connectivity index (χ1) is 33.9. The Balaban J connectivity index is 0.000000151. The van der Waals surface area contributed by atoms with Gasteiger partial charge in [-0.2, -0.15) is 0 Å². The van der Waals surface area contributed by atoms with E-state index in [0.717, 1.165) is 169 Å². The summed E-state index contributed by atoms with van der Waals surface area (Å²) in [4.78, 5) is 42.9. The van der Waals surface area contributed by atoms with Crippen molar-refractivity contribution in [3.8, 4) is 0 Å². The third-order valence-electron chi connectivity index (χ3n) is 14.1. The monoisotopic (exact) mass is 918 g/mol. The molecule has 2 fully saturated rings. The van der Waals surface area contributed by atoms with Crippen LogP contribution in [0.2, 0.25) is 0 Å². The summed E-state index contributed by atoms with van der Waals surface area (Å²) in [7, 11) is 2.07. The van der Waals surface area contributed by atoms with Gasteiger partial charge < -0.3 is 29.7 Å².